The number of nitrogens with one attached hydrogen (secondary N) is 1. The van der Waals surface area contributed by atoms with Crippen LogP contribution in [0.1, 0.15) is 33.6 Å². The number of alkyl halides is 3. The zero-order valence-corrected chi connectivity index (χ0v) is 19.3. The van der Waals surface area contributed by atoms with Crippen molar-refractivity contribution < 1.29 is 13.2 Å². The average molecular weight is 492 g/mol. The van der Waals surface area contributed by atoms with Gasteiger partial charge in [-0.25, -0.2) is 4.98 Å². The monoisotopic (exact) mass is 491 g/mol. The number of hydrogen-bond donors (Lipinski definition) is 2. The van der Waals surface area contributed by atoms with Gasteiger partial charge in [-0.15, -0.1) is 0 Å². The molecule has 4 aromatic rings. The zero-order chi connectivity index (χ0) is 25.7. The predicted octanol–water partition coefficient (Wildman–Crippen LogP) is 4.64. The molecule has 4 rings (SSSR count). The van der Waals surface area contributed by atoms with E-state index in [0.717, 1.165) is 22.4 Å². The Hall–Kier alpha value is -4.40. The number of benzene rings is 1. The standard InChI is InChI=1S/C27H24F3N5O/c1-18(33-16-22-9-10-24(31)34-26(22)27(28,29)30)21-11-12-32-23(15-21)14-19-5-7-20(8-6-19)17-35-13-3-2-4-25(35)36/h2-13,15,33H,1,14,16-17H2,(H2,31,34). The maximum atomic E-state index is 13.3. The van der Waals surface area contributed by atoms with E-state index in [1.165, 1.54) is 18.2 Å². The van der Waals surface area contributed by atoms with E-state index < -0.39 is 11.9 Å². The molecular formula is C27H24F3N5O. The number of halogens is 3. The quantitative estimate of drug-likeness (QED) is 0.375. The molecule has 9 heteroatoms. The zero-order valence-electron chi connectivity index (χ0n) is 19.3. The Bertz CT molecular complexity index is 1430. The van der Waals surface area contributed by atoms with Gasteiger partial charge in [-0.05, 0) is 35.4 Å². The number of pyridine rings is 3. The van der Waals surface area contributed by atoms with Gasteiger partial charge in [0.15, 0.2) is 5.69 Å². The highest BCUT2D eigenvalue weighted by molar-refractivity contribution is 5.61. The highest BCUT2D eigenvalue weighted by atomic mass is 19.4. The van der Waals surface area contributed by atoms with Crippen LogP contribution in [0, 0.1) is 0 Å². The molecule has 0 bridgehead atoms. The van der Waals surface area contributed by atoms with Crippen molar-refractivity contribution in [2.75, 3.05) is 5.73 Å². The molecule has 6 nitrogen and oxygen atoms in total. The van der Waals surface area contributed by atoms with Crippen LogP contribution in [0.15, 0.2) is 90.5 Å². The van der Waals surface area contributed by atoms with Crippen molar-refractivity contribution in [3.8, 4) is 0 Å². The lowest BCUT2D eigenvalue weighted by molar-refractivity contribution is -0.141. The Labute approximate surface area is 206 Å². The molecule has 0 spiro atoms. The molecule has 3 N–H and O–H groups in total. The molecule has 0 fully saturated rings. The van der Waals surface area contributed by atoms with Crippen LogP contribution in [-0.2, 0) is 25.7 Å². The summed E-state index contributed by atoms with van der Waals surface area (Å²) in [5.74, 6) is -0.189. The fraction of sp³-hybridized carbons (Fsp3) is 0.148. The van der Waals surface area contributed by atoms with E-state index in [1.807, 2.05) is 36.4 Å². The fourth-order valence-electron chi connectivity index (χ4n) is 3.72. The summed E-state index contributed by atoms with van der Waals surface area (Å²) in [5.41, 5.74) is 8.34. The summed E-state index contributed by atoms with van der Waals surface area (Å²) < 4.78 is 41.5. The number of rotatable bonds is 8. The molecular weight excluding hydrogens is 467 g/mol. The summed E-state index contributed by atoms with van der Waals surface area (Å²) in [6.45, 7) is 4.34. The maximum Gasteiger partial charge on any atom is 0.433 e. The first-order valence-corrected chi connectivity index (χ1v) is 11.1. The molecule has 3 heterocycles. The van der Waals surface area contributed by atoms with Crippen molar-refractivity contribution in [3.05, 3.63) is 130 Å². The molecule has 0 radical (unpaired) electrons. The van der Waals surface area contributed by atoms with E-state index in [9.17, 15) is 18.0 Å². The van der Waals surface area contributed by atoms with E-state index in [0.29, 0.717) is 18.7 Å². The Morgan fingerprint density at radius 3 is 2.50 bits per heavy atom. The molecule has 184 valence electrons. The molecule has 0 amide bonds. The van der Waals surface area contributed by atoms with Gasteiger partial charge in [-0.1, -0.05) is 43.0 Å². The summed E-state index contributed by atoms with van der Waals surface area (Å²) in [5, 5.41) is 2.94. The van der Waals surface area contributed by atoms with Gasteiger partial charge in [0.2, 0.25) is 0 Å². The van der Waals surface area contributed by atoms with E-state index >= 15 is 0 Å². The first-order valence-electron chi connectivity index (χ1n) is 11.1. The molecule has 0 aliphatic rings. The lowest BCUT2D eigenvalue weighted by Gasteiger charge is -2.15. The van der Waals surface area contributed by atoms with Crippen molar-refractivity contribution in [3.63, 3.8) is 0 Å². The van der Waals surface area contributed by atoms with Gasteiger partial charge in [0, 0.05) is 53.9 Å². The summed E-state index contributed by atoms with van der Waals surface area (Å²) in [7, 11) is 0. The van der Waals surface area contributed by atoms with Gasteiger partial charge >= 0.3 is 6.18 Å². The second-order valence-electron chi connectivity index (χ2n) is 8.27. The Kier molecular flexibility index (Phi) is 7.19. The molecule has 0 unspecified atom stereocenters. The van der Waals surface area contributed by atoms with Crippen LogP contribution >= 0.6 is 0 Å². The predicted molar refractivity (Wildman–Crippen MR) is 133 cm³/mol. The van der Waals surface area contributed by atoms with E-state index in [-0.39, 0.29) is 23.5 Å². The van der Waals surface area contributed by atoms with Crippen LogP contribution in [0.4, 0.5) is 19.0 Å². The molecule has 36 heavy (non-hydrogen) atoms. The smallest absolute Gasteiger partial charge is 0.384 e. The van der Waals surface area contributed by atoms with Crippen molar-refractivity contribution in [2.24, 2.45) is 0 Å². The van der Waals surface area contributed by atoms with Gasteiger partial charge in [0.1, 0.15) is 5.82 Å². The third-order valence-electron chi connectivity index (χ3n) is 5.59. The minimum Gasteiger partial charge on any atom is -0.384 e. The molecule has 3 aromatic heterocycles. The second kappa shape index (κ2) is 10.5. The third kappa shape index (κ3) is 6.18. The number of nitrogen functional groups attached to an aromatic ring is 1. The van der Waals surface area contributed by atoms with Crippen LogP contribution in [0.2, 0.25) is 0 Å². The van der Waals surface area contributed by atoms with Gasteiger partial charge in [-0.2, -0.15) is 13.2 Å². The van der Waals surface area contributed by atoms with Crippen LogP contribution in [0.3, 0.4) is 0 Å². The Morgan fingerprint density at radius 2 is 1.78 bits per heavy atom. The highest BCUT2D eigenvalue weighted by Gasteiger charge is 2.35. The van der Waals surface area contributed by atoms with Crippen molar-refractivity contribution in [1.29, 1.82) is 0 Å². The number of nitrogens with two attached hydrogens (primary N) is 1. The Morgan fingerprint density at radius 1 is 1.03 bits per heavy atom. The van der Waals surface area contributed by atoms with Crippen molar-refractivity contribution >= 4 is 11.5 Å². The topological polar surface area (TPSA) is 85.8 Å². The molecule has 0 atom stereocenters. The molecule has 0 aliphatic carbocycles. The van der Waals surface area contributed by atoms with E-state index in [2.05, 4.69) is 21.9 Å². The normalized spacial score (nSPS) is 11.3. The summed E-state index contributed by atoms with van der Waals surface area (Å²) in [6.07, 6.45) is -0.656. The minimum absolute atomic E-state index is 0.0232. The lowest BCUT2D eigenvalue weighted by atomic mass is 10.0. The van der Waals surface area contributed by atoms with Crippen molar-refractivity contribution in [2.45, 2.75) is 25.7 Å². The van der Waals surface area contributed by atoms with Crippen LogP contribution in [-0.4, -0.2) is 14.5 Å². The number of anilines is 1. The van der Waals surface area contributed by atoms with E-state index in [4.69, 9.17) is 5.73 Å². The number of nitrogens with zero attached hydrogens (tertiary/aromatic N) is 3. The molecule has 0 saturated carbocycles. The SMILES string of the molecule is C=C(NCc1ccc(N)nc1C(F)(F)F)c1ccnc(Cc2ccc(Cn3ccccc3=O)cc2)c1. The largest absolute Gasteiger partial charge is 0.433 e. The second-order valence-corrected chi connectivity index (χ2v) is 8.27. The fourth-order valence-corrected chi connectivity index (χ4v) is 3.72. The van der Waals surface area contributed by atoms with Gasteiger partial charge < -0.3 is 15.6 Å². The highest BCUT2D eigenvalue weighted by Crippen LogP contribution is 2.31. The van der Waals surface area contributed by atoms with E-state index in [1.54, 1.807) is 29.1 Å². The van der Waals surface area contributed by atoms with Crippen LogP contribution in [0.25, 0.3) is 5.70 Å². The average Bonchev–Trinajstić information content (AvgIpc) is 2.85. The Balaban J connectivity index is 1.41. The third-order valence-corrected chi connectivity index (χ3v) is 5.59. The summed E-state index contributed by atoms with van der Waals surface area (Å²) >= 11 is 0. The van der Waals surface area contributed by atoms with Gasteiger partial charge in [0.05, 0.1) is 6.54 Å². The maximum absolute atomic E-state index is 13.3. The number of aromatic nitrogens is 3. The summed E-state index contributed by atoms with van der Waals surface area (Å²) in [4.78, 5) is 19.8. The minimum atomic E-state index is -4.61. The first kappa shape index (κ1) is 24.7. The lowest BCUT2D eigenvalue weighted by Crippen LogP contribution is -2.18. The van der Waals surface area contributed by atoms with Crippen LogP contribution in [0.5, 0.6) is 0 Å². The molecule has 0 saturated heterocycles. The number of hydrogen-bond acceptors (Lipinski definition) is 5. The van der Waals surface area contributed by atoms with Gasteiger partial charge in [0.25, 0.3) is 5.56 Å². The summed E-state index contributed by atoms with van der Waals surface area (Å²) in [6, 6.07) is 19.2. The molecule has 0 aliphatic heterocycles. The first-order chi connectivity index (χ1) is 17.2. The van der Waals surface area contributed by atoms with Crippen LogP contribution < -0.4 is 16.6 Å². The molecule has 1 aromatic carbocycles. The van der Waals surface area contributed by atoms with Gasteiger partial charge in [-0.3, -0.25) is 9.78 Å². The van der Waals surface area contributed by atoms with Crippen molar-refractivity contribution in [1.82, 2.24) is 19.9 Å².